The number of anilines is 3. The summed E-state index contributed by atoms with van der Waals surface area (Å²) in [6.45, 7) is 0. The predicted octanol–water partition coefficient (Wildman–Crippen LogP) is 2.06. The Morgan fingerprint density at radius 1 is 1.41 bits per heavy atom. The summed E-state index contributed by atoms with van der Waals surface area (Å²) >= 11 is 0. The number of rotatable bonds is 3. The zero-order valence-electron chi connectivity index (χ0n) is 9.34. The lowest BCUT2D eigenvalue weighted by Gasteiger charge is -2.20. The first-order chi connectivity index (χ1) is 8.09. The molecular weight excluding hydrogens is 218 g/mol. The third-order valence-electron chi connectivity index (χ3n) is 2.61. The Bertz CT molecular complexity index is 535. The van der Waals surface area contributed by atoms with E-state index in [1.165, 1.54) is 6.07 Å². The molecule has 1 aromatic heterocycles. The first kappa shape index (κ1) is 11.1. The van der Waals surface area contributed by atoms with Crippen molar-refractivity contribution in [1.29, 1.82) is 0 Å². The lowest BCUT2D eigenvalue weighted by molar-refractivity contribution is 0.0697. The van der Waals surface area contributed by atoms with Gasteiger partial charge in [-0.3, -0.25) is 0 Å². The summed E-state index contributed by atoms with van der Waals surface area (Å²) in [5, 5.41) is 8.95. The SMILES string of the molecule is CN(c1cc[nH]c1)c1cc(C(=O)O)ccc1N. The van der Waals surface area contributed by atoms with Crippen LogP contribution in [0.4, 0.5) is 17.1 Å². The molecule has 0 fully saturated rings. The van der Waals surface area contributed by atoms with E-state index in [1.807, 2.05) is 24.2 Å². The Hall–Kier alpha value is -2.43. The molecule has 4 N–H and O–H groups in total. The van der Waals surface area contributed by atoms with Crippen LogP contribution in [-0.4, -0.2) is 23.1 Å². The molecule has 1 heterocycles. The van der Waals surface area contributed by atoms with Crippen molar-refractivity contribution in [3.05, 3.63) is 42.2 Å². The number of nitrogens with one attached hydrogen (secondary N) is 1. The van der Waals surface area contributed by atoms with Gasteiger partial charge in [0.15, 0.2) is 0 Å². The van der Waals surface area contributed by atoms with Crippen LogP contribution < -0.4 is 10.6 Å². The maximum atomic E-state index is 10.9. The molecule has 17 heavy (non-hydrogen) atoms. The molecule has 88 valence electrons. The molecular formula is C12H13N3O2. The number of aromatic amines is 1. The van der Waals surface area contributed by atoms with Crippen LogP contribution in [0.1, 0.15) is 10.4 Å². The van der Waals surface area contributed by atoms with Gasteiger partial charge in [-0.15, -0.1) is 0 Å². The molecule has 0 saturated carbocycles. The molecule has 5 nitrogen and oxygen atoms in total. The largest absolute Gasteiger partial charge is 0.478 e. The summed E-state index contributed by atoms with van der Waals surface area (Å²) < 4.78 is 0. The summed E-state index contributed by atoms with van der Waals surface area (Å²) in [6, 6.07) is 6.53. The third kappa shape index (κ3) is 2.08. The topological polar surface area (TPSA) is 82.3 Å². The van der Waals surface area contributed by atoms with Crippen molar-refractivity contribution in [3.8, 4) is 0 Å². The quantitative estimate of drug-likeness (QED) is 0.706. The molecule has 0 radical (unpaired) electrons. The zero-order valence-corrected chi connectivity index (χ0v) is 9.34. The fourth-order valence-corrected chi connectivity index (χ4v) is 1.63. The number of aromatic nitrogens is 1. The highest BCUT2D eigenvalue weighted by Crippen LogP contribution is 2.29. The van der Waals surface area contributed by atoms with Crippen LogP contribution in [-0.2, 0) is 0 Å². The molecule has 0 aliphatic carbocycles. The molecule has 0 amide bonds. The van der Waals surface area contributed by atoms with Crippen molar-refractivity contribution in [1.82, 2.24) is 4.98 Å². The summed E-state index contributed by atoms with van der Waals surface area (Å²) in [4.78, 5) is 15.7. The molecule has 2 rings (SSSR count). The minimum Gasteiger partial charge on any atom is -0.478 e. The number of nitrogens with two attached hydrogens (primary N) is 1. The number of nitrogen functional groups attached to an aromatic ring is 1. The molecule has 0 unspecified atom stereocenters. The van der Waals surface area contributed by atoms with Crippen LogP contribution in [0.2, 0.25) is 0 Å². The zero-order chi connectivity index (χ0) is 12.4. The number of benzene rings is 1. The van der Waals surface area contributed by atoms with Gasteiger partial charge in [-0.2, -0.15) is 0 Å². The minimum atomic E-state index is -0.964. The van der Waals surface area contributed by atoms with E-state index < -0.39 is 5.97 Å². The van der Waals surface area contributed by atoms with E-state index in [2.05, 4.69) is 4.98 Å². The molecule has 1 aromatic carbocycles. The van der Waals surface area contributed by atoms with Gasteiger partial charge in [0.1, 0.15) is 0 Å². The number of H-pyrrole nitrogens is 1. The number of carboxylic acids is 1. The van der Waals surface area contributed by atoms with Gasteiger partial charge in [0.05, 0.1) is 22.6 Å². The monoisotopic (exact) mass is 231 g/mol. The van der Waals surface area contributed by atoms with E-state index in [4.69, 9.17) is 10.8 Å². The minimum absolute atomic E-state index is 0.219. The van der Waals surface area contributed by atoms with E-state index in [0.717, 1.165) is 5.69 Å². The second-order valence-electron chi connectivity index (χ2n) is 3.71. The Balaban J connectivity index is 2.44. The molecule has 0 aliphatic heterocycles. The van der Waals surface area contributed by atoms with Crippen molar-refractivity contribution in [2.45, 2.75) is 0 Å². The Morgan fingerprint density at radius 3 is 2.76 bits per heavy atom. The Morgan fingerprint density at radius 2 is 2.18 bits per heavy atom. The van der Waals surface area contributed by atoms with Crippen LogP contribution in [0.3, 0.4) is 0 Å². The van der Waals surface area contributed by atoms with E-state index in [9.17, 15) is 4.79 Å². The van der Waals surface area contributed by atoms with Crippen LogP contribution in [0.25, 0.3) is 0 Å². The summed E-state index contributed by atoms with van der Waals surface area (Å²) in [5.74, 6) is -0.964. The van der Waals surface area contributed by atoms with Crippen LogP contribution >= 0.6 is 0 Å². The van der Waals surface area contributed by atoms with E-state index in [-0.39, 0.29) is 5.56 Å². The number of carbonyl (C=O) groups is 1. The van der Waals surface area contributed by atoms with Gasteiger partial charge in [-0.25, -0.2) is 4.79 Å². The highest BCUT2D eigenvalue weighted by Gasteiger charge is 2.11. The predicted molar refractivity (Wildman–Crippen MR) is 66.7 cm³/mol. The molecule has 0 spiro atoms. The van der Waals surface area contributed by atoms with Crippen molar-refractivity contribution in [2.75, 3.05) is 17.7 Å². The molecule has 0 bridgehead atoms. The summed E-state index contributed by atoms with van der Waals surface area (Å²) in [6.07, 6.45) is 3.61. The smallest absolute Gasteiger partial charge is 0.335 e. The third-order valence-corrected chi connectivity index (χ3v) is 2.61. The molecule has 0 aliphatic rings. The van der Waals surface area contributed by atoms with Crippen LogP contribution in [0.15, 0.2) is 36.7 Å². The van der Waals surface area contributed by atoms with Gasteiger partial charge in [0.2, 0.25) is 0 Å². The number of hydrogen-bond acceptors (Lipinski definition) is 3. The van der Waals surface area contributed by atoms with Gasteiger partial charge in [-0.1, -0.05) is 0 Å². The lowest BCUT2D eigenvalue weighted by atomic mass is 10.1. The van der Waals surface area contributed by atoms with Gasteiger partial charge in [-0.05, 0) is 24.3 Å². The summed E-state index contributed by atoms with van der Waals surface area (Å²) in [5.41, 5.74) is 8.20. The van der Waals surface area contributed by atoms with Crippen molar-refractivity contribution >= 4 is 23.0 Å². The fourth-order valence-electron chi connectivity index (χ4n) is 1.63. The maximum Gasteiger partial charge on any atom is 0.335 e. The lowest BCUT2D eigenvalue weighted by Crippen LogP contribution is -2.12. The highest BCUT2D eigenvalue weighted by molar-refractivity contribution is 5.91. The van der Waals surface area contributed by atoms with E-state index in [0.29, 0.717) is 11.4 Å². The number of aromatic carboxylic acids is 1. The van der Waals surface area contributed by atoms with Gasteiger partial charge in [0.25, 0.3) is 0 Å². The normalized spacial score (nSPS) is 10.2. The van der Waals surface area contributed by atoms with Crippen LogP contribution in [0, 0.1) is 0 Å². The first-order valence-corrected chi connectivity index (χ1v) is 5.09. The Kier molecular flexibility index (Phi) is 2.74. The number of carboxylic acid groups (broad SMARTS) is 1. The maximum absolute atomic E-state index is 10.9. The molecule has 2 aromatic rings. The average molecular weight is 231 g/mol. The fraction of sp³-hybridized carbons (Fsp3) is 0.0833. The first-order valence-electron chi connectivity index (χ1n) is 5.09. The summed E-state index contributed by atoms with van der Waals surface area (Å²) in [7, 11) is 1.83. The molecule has 0 atom stereocenters. The molecule has 5 heteroatoms. The van der Waals surface area contributed by atoms with Crippen LogP contribution in [0.5, 0.6) is 0 Å². The van der Waals surface area contributed by atoms with E-state index >= 15 is 0 Å². The van der Waals surface area contributed by atoms with Gasteiger partial charge in [0, 0.05) is 19.4 Å². The second kappa shape index (κ2) is 4.21. The van der Waals surface area contributed by atoms with Gasteiger partial charge >= 0.3 is 5.97 Å². The number of nitrogens with zero attached hydrogens (tertiary/aromatic N) is 1. The average Bonchev–Trinajstić information content (AvgIpc) is 2.81. The van der Waals surface area contributed by atoms with Crippen molar-refractivity contribution < 1.29 is 9.90 Å². The van der Waals surface area contributed by atoms with E-state index in [1.54, 1.807) is 18.3 Å². The Labute approximate surface area is 98.5 Å². The van der Waals surface area contributed by atoms with Gasteiger partial charge < -0.3 is 20.7 Å². The molecule has 0 saturated heterocycles. The number of hydrogen-bond donors (Lipinski definition) is 3. The second-order valence-corrected chi connectivity index (χ2v) is 3.71. The van der Waals surface area contributed by atoms with Crippen molar-refractivity contribution in [2.24, 2.45) is 0 Å². The standard InChI is InChI=1S/C12H13N3O2/c1-15(9-4-5-14-7-9)11-6-8(12(16)17)2-3-10(11)13/h2-7,14H,13H2,1H3,(H,16,17). The van der Waals surface area contributed by atoms with Crippen molar-refractivity contribution in [3.63, 3.8) is 0 Å². The highest BCUT2D eigenvalue weighted by atomic mass is 16.4.